The second kappa shape index (κ2) is 9.48. The van der Waals surface area contributed by atoms with Gasteiger partial charge < -0.3 is 14.8 Å². The zero-order valence-electron chi connectivity index (χ0n) is 15.1. The van der Waals surface area contributed by atoms with Gasteiger partial charge in [0, 0.05) is 6.04 Å². The average molecular weight is 353 g/mol. The van der Waals surface area contributed by atoms with Gasteiger partial charge in [-0.25, -0.2) is 0 Å². The molecule has 0 radical (unpaired) electrons. The van der Waals surface area contributed by atoms with Crippen LogP contribution in [0.5, 0.6) is 11.5 Å². The van der Waals surface area contributed by atoms with Crippen LogP contribution in [0.2, 0.25) is 0 Å². The molecule has 1 N–H and O–H groups in total. The standard InChI is InChI=1S/C20H23N3O3/c1-14-5-3-4-6-17(14)23-20(24)16(13-22)11-15-7-8-18(26-10-9-21)19(12-15)25-2/h7-8,11-12,14,17H,3-6,10H2,1-2H3,(H,23,24)/b16-11+/t14-,17-/m1/s1. The van der Waals surface area contributed by atoms with Gasteiger partial charge in [-0.05, 0) is 42.5 Å². The van der Waals surface area contributed by atoms with Crippen LogP contribution in [0.1, 0.15) is 38.2 Å². The van der Waals surface area contributed by atoms with Crippen molar-refractivity contribution in [2.24, 2.45) is 5.92 Å². The van der Waals surface area contributed by atoms with Crippen molar-refractivity contribution < 1.29 is 14.3 Å². The van der Waals surface area contributed by atoms with Gasteiger partial charge in [-0.3, -0.25) is 4.79 Å². The molecule has 1 aromatic carbocycles. The molecule has 136 valence electrons. The number of carbonyl (C=O) groups is 1. The van der Waals surface area contributed by atoms with Crippen molar-refractivity contribution in [2.75, 3.05) is 13.7 Å². The topological polar surface area (TPSA) is 95.1 Å². The number of hydrogen-bond donors (Lipinski definition) is 1. The van der Waals surface area contributed by atoms with Crippen LogP contribution in [0.15, 0.2) is 23.8 Å². The van der Waals surface area contributed by atoms with Crippen molar-refractivity contribution >= 4 is 12.0 Å². The van der Waals surface area contributed by atoms with Crippen LogP contribution >= 0.6 is 0 Å². The molecule has 1 aliphatic carbocycles. The van der Waals surface area contributed by atoms with E-state index >= 15 is 0 Å². The molecule has 1 amide bonds. The van der Waals surface area contributed by atoms with E-state index in [4.69, 9.17) is 14.7 Å². The number of ether oxygens (including phenoxy) is 2. The molecule has 1 fully saturated rings. The summed E-state index contributed by atoms with van der Waals surface area (Å²) in [6, 6.07) is 9.01. The molecule has 0 unspecified atom stereocenters. The molecular formula is C20H23N3O3. The van der Waals surface area contributed by atoms with Crippen molar-refractivity contribution in [3.63, 3.8) is 0 Å². The molecule has 1 saturated carbocycles. The van der Waals surface area contributed by atoms with E-state index in [2.05, 4.69) is 12.2 Å². The zero-order chi connectivity index (χ0) is 18.9. The highest BCUT2D eigenvalue weighted by Gasteiger charge is 2.24. The van der Waals surface area contributed by atoms with Crippen LogP contribution in [0.3, 0.4) is 0 Å². The van der Waals surface area contributed by atoms with Gasteiger partial charge in [-0.1, -0.05) is 25.8 Å². The van der Waals surface area contributed by atoms with Gasteiger partial charge in [-0.15, -0.1) is 0 Å². The summed E-state index contributed by atoms with van der Waals surface area (Å²) in [4.78, 5) is 12.5. The minimum absolute atomic E-state index is 0.0514. The van der Waals surface area contributed by atoms with E-state index in [1.54, 1.807) is 18.2 Å². The number of benzene rings is 1. The molecule has 0 aromatic heterocycles. The number of hydrogen-bond acceptors (Lipinski definition) is 5. The van der Waals surface area contributed by atoms with Crippen molar-refractivity contribution in [1.29, 1.82) is 10.5 Å². The summed E-state index contributed by atoms with van der Waals surface area (Å²) in [5.74, 6) is 0.942. The van der Waals surface area contributed by atoms with Gasteiger partial charge in [0.05, 0.1) is 7.11 Å². The molecule has 26 heavy (non-hydrogen) atoms. The number of methoxy groups -OCH3 is 1. The van der Waals surface area contributed by atoms with Crippen LogP contribution in [-0.2, 0) is 4.79 Å². The molecule has 2 rings (SSSR count). The maximum Gasteiger partial charge on any atom is 0.262 e. The zero-order valence-corrected chi connectivity index (χ0v) is 15.1. The summed E-state index contributed by atoms with van der Waals surface area (Å²) in [6.45, 7) is 2.04. The van der Waals surface area contributed by atoms with Gasteiger partial charge >= 0.3 is 0 Å². The smallest absolute Gasteiger partial charge is 0.262 e. The fourth-order valence-corrected chi connectivity index (χ4v) is 3.10. The number of nitrogens with zero attached hydrogens (tertiary/aromatic N) is 2. The minimum atomic E-state index is -0.352. The SMILES string of the molecule is COc1cc(/C=C(\C#N)C(=O)N[C@@H]2CCCC[C@H]2C)ccc1OCC#N. The summed E-state index contributed by atoms with van der Waals surface area (Å²) < 4.78 is 10.5. The fourth-order valence-electron chi connectivity index (χ4n) is 3.10. The predicted molar refractivity (Wildman–Crippen MR) is 97.3 cm³/mol. The Hall–Kier alpha value is -2.99. The molecule has 0 bridgehead atoms. The largest absolute Gasteiger partial charge is 0.493 e. The Balaban J connectivity index is 2.15. The third-order valence-corrected chi connectivity index (χ3v) is 4.58. The Kier molecular flexibility index (Phi) is 7.05. The first-order valence-electron chi connectivity index (χ1n) is 8.69. The molecule has 1 aromatic rings. The van der Waals surface area contributed by atoms with E-state index in [9.17, 15) is 10.1 Å². The van der Waals surface area contributed by atoms with Gasteiger partial charge in [0.2, 0.25) is 0 Å². The third-order valence-electron chi connectivity index (χ3n) is 4.58. The summed E-state index contributed by atoms with van der Waals surface area (Å²) >= 11 is 0. The first-order chi connectivity index (χ1) is 12.6. The summed E-state index contributed by atoms with van der Waals surface area (Å²) in [5.41, 5.74) is 0.699. The molecule has 6 nitrogen and oxygen atoms in total. The van der Waals surface area contributed by atoms with Crippen molar-refractivity contribution in [3.05, 3.63) is 29.3 Å². The molecule has 0 saturated heterocycles. The number of rotatable bonds is 6. The molecule has 0 aliphatic heterocycles. The maximum atomic E-state index is 12.5. The Bertz CT molecular complexity index is 759. The van der Waals surface area contributed by atoms with Gasteiger partial charge in [-0.2, -0.15) is 10.5 Å². The molecule has 1 aliphatic rings. The monoisotopic (exact) mass is 353 g/mol. The van der Waals surface area contributed by atoms with Crippen LogP contribution in [0, 0.1) is 28.6 Å². The highest BCUT2D eigenvalue weighted by Crippen LogP contribution is 2.29. The van der Waals surface area contributed by atoms with Crippen LogP contribution in [-0.4, -0.2) is 25.7 Å². The van der Waals surface area contributed by atoms with Gasteiger partial charge in [0.1, 0.15) is 17.7 Å². The van der Waals surface area contributed by atoms with Crippen LogP contribution < -0.4 is 14.8 Å². The van der Waals surface area contributed by atoms with Gasteiger partial charge in [0.25, 0.3) is 5.91 Å². The molecule has 0 heterocycles. The normalized spacial score (nSPS) is 19.8. The lowest BCUT2D eigenvalue weighted by Gasteiger charge is -2.29. The lowest BCUT2D eigenvalue weighted by Crippen LogP contribution is -2.41. The molecular weight excluding hydrogens is 330 g/mol. The maximum absolute atomic E-state index is 12.5. The highest BCUT2D eigenvalue weighted by atomic mass is 16.5. The van der Waals surface area contributed by atoms with Crippen LogP contribution in [0.25, 0.3) is 6.08 Å². The summed E-state index contributed by atoms with van der Waals surface area (Å²) in [7, 11) is 1.49. The first kappa shape index (κ1) is 19.3. The Morgan fingerprint density at radius 1 is 1.31 bits per heavy atom. The summed E-state index contributed by atoms with van der Waals surface area (Å²) in [5, 5.41) is 21.0. The van der Waals surface area contributed by atoms with Crippen molar-refractivity contribution in [3.8, 4) is 23.6 Å². The second-order valence-corrected chi connectivity index (χ2v) is 6.37. The Morgan fingerprint density at radius 3 is 2.73 bits per heavy atom. The van der Waals surface area contributed by atoms with E-state index in [0.29, 0.717) is 23.0 Å². The molecule has 2 atom stereocenters. The van der Waals surface area contributed by atoms with E-state index in [-0.39, 0.29) is 24.1 Å². The molecule has 6 heteroatoms. The van der Waals surface area contributed by atoms with Crippen molar-refractivity contribution in [1.82, 2.24) is 5.32 Å². The summed E-state index contributed by atoms with van der Waals surface area (Å²) in [6.07, 6.45) is 5.86. The predicted octanol–water partition coefficient (Wildman–Crippen LogP) is 3.20. The van der Waals surface area contributed by atoms with E-state index < -0.39 is 0 Å². The third kappa shape index (κ3) is 5.00. The first-order valence-corrected chi connectivity index (χ1v) is 8.69. The number of nitrogens with one attached hydrogen (secondary N) is 1. The van der Waals surface area contributed by atoms with Gasteiger partial charge in [0.15, 0.2) is 18.1 Å². The Morgan fingerprint density at radius 2 is 2.08 bits per heavy atom. The van der Waals surface area contributed by atoms with Crippen molar-refractivity contribution in [2.45, 2.75) is 38.6 Å². The fraction of sp³-hybridized carbons (Fsp3) is 0.450. The quantitative estimate of drug-likeness (QED) is 0.626. The number of nitriles is 2. The highest BCUT2D eigenvalue weighted by molar-refractivity contribution is 6.01. The van der Waals surface area contributed by atoms with E-state index in [0.717, 1.165) is 19.3 Å². The molecule has 0 spiro atoms. The van der Waals surface area contributed by atoms with E-state index in [1.807, 2.05) is 12.1 Å². The minimum Gasteiger partial charge on any atom is -0.493 e. The average Bonchev–Trinajstić information content (AvgIpc) is 2.66. The Labute approximate surface area is 154 Å². The number of amides is 1. The lowest BCUT2D eigenvalue weighted by atomic mass is 9.86. The lowest BCUT2D eigenvalue weighted by molar-refractivity contribution is -0.118. The van der Waals surface area contributed by atoms with E-state index in [1.165, 1.54) is 19.6 Å². The second-order valence-electron chi connectivity index (χ2n) is 6.37. The van der Waals surface area contributed by atoms with Crippen LogP contribution in [0.4, 0.5) is 0 Å². The number of carbonyl (C=O) groups excluding carboxylic acids is 1.